The lowest BCUT2D eigenvalue weighted by molar-refractivity contribution is -0.140. The molecule has 4 nitrogen and oxygen atoms in total. The molecule has 84 valence electrons. The second kappa shape index (κ2) is 4.06. The molecule has 16 heavy (non-hydrogen) atoms. The van der Waals surface area contributed by atoms with Crippen molar-refractivity contribution in [3.63, 3.8) is 0 Å². The second-order valence-electron chi connectivity index (χ2n) is 3.72. The number of carbonyl (C=O) groups excluding carboxylic acids is 1. The Morgan fingerprint density at radius 1 is 1.38 bits per heavy atom. The molecule has 0 amide bonds. The van der Waals surface area contributed by atoms with Crippen LogP contribution in [0.3, 0.4) is 0 Å². The molecule has 0 spiro atoms. The first kappa shape index (κ1) is 10.8. The second-order valence-corrected chi connectivity index (χ2v) is 3.72. The first-order valence-electron chi connectivity index (χ1n) is 5.20. The normalized spacial score (nSPS) is 24.1. The molecule has 0 saturated heterocycles. The minimum absolute atomic E-state index is 0.293. The molecule has 1 atom stereocenters. The highest BCUT2D eigenvalue weighted by atomic mass is 16.6. The Morgan fingerprint density at radius 3 is 2.56 bits per heavy atom. The molecular weight excluding hydrogens is 206 g/mol. The van der Waals surface area contributed by atoms with Gasteiger partial charge < -0.3 is 9.84 Å². The molecule has 0 aliphatic carbocycles. The highest BCUT2D eigenvalue weighted by Crippen LogP contribution is 2.25. The van der Waals surface area contributed by atoms with Gasteiger partial charge in [-0.2, -0.15) is 0 Å². The molecular formula is C12H13NO3. The van der Waals surface area contributed by atoms with Crippen LogP contribution in [0.15, 0.2) is 35.3 Å². The van der Waals surface area contributed by atoms with Gasteiger partial charge in [0.25, 0.3) is 0 Å². The van der Waals surface area contributed by atoms with Crippen molar-refractivity contribution in [2.75, 3.05) is 6.61 Å². The van der Waals surface area contributed by atoms with Gasteiger partial charge in [-0.05, 0) is 18.6 Å². The summed E-state index contributed by atoms with van der Waals surface area (Å²) in [5.74, 6) is -0.183. The summed E-state index contributed by atoms with van der Waals surface area (Å²) >= 11 is 0. The highest BCUT2D eigenvalue weighted by Gasteiger charge is 2.44. The fraction of sp³-hybridized carbons (Fsp3) is 0.333. The third kappa shape index (κ3) is 1.61. The number of cyclic esters (lactones) is 1. The Hall–Kier alpha value is -1.68. The van der Waals surface area contributed by atoms with Gasteiger partial charge in [-0.25, -0.2) is 9.79 Å². The molecule has 1 aromatic rings. The number of esters is 1. The fourth-order valence-electron chi connectivity index (χ4n) is 1.58. The summed E-state index contributed by atoms with van der Waals surface area (Å²) in [6.45, 7) is 1.48. The quantitative estimate of drug-likeness (QED) is 0.775. The van der Waals surface area contributed by atoms with Crippen molar-refractivity contribution >= 4 is 11.9 Å². The number of aliphatic hydroxyl groups is 1. The van der Waals surface area contributed by atoms with E-state index in [-0.39, 0.29) is 6.61 Å². The number of ether oxygens (including phenoxy) is 1. The number of rotatable bonds is 3. The van der Waals surface area contributed by atoms with Crippen LogP contribution in [0.4, 0.5) is 0 Å². The van der Waals surface area contributed by atoms with E-state index in [1.165, 1.54) is 0 Å². The van der Waals surface area contributed by atoms with Gasteiger partial charge in [-0.1, -0.05) is 25.1 Å². The summed E-state index contributed by atoms with van der Waals surface area (Å²) < 4.78 is 5.10. The van der Waals surface area contributed by atoms with Crippen molar-refractivity contribution in [1.29, 1.82) is 0 Å². The maximum absolute atomic E-state index is 11.6. The number of benzene rings is 1. The van der Waals surface area contributed by atoms with Crippen LogP contribution in [0.5, 0.6) is 0 Å². The number of carbonyl (C=O) groups is 1. The van der Waals surface area contributed by atoms with E-state index in [0.717, 1.165) is 5.56 Å². The number of aliphatic hydroxyl groups excluding tert-OH is 1. The van der Waals surface area contributed by atoms with Crippen molar-refractivity contribution < 1.29 is 14.6 Å². The van der Waals surface area contributed by atoms with Crippen molar-refractivity contribution in [3.05, 3.63) is 35.9 Å². The molecule has 1 N–H and O–H groups in total. The molecule has 0 aromatic heterocycles. The third-order valence-corrected chi connectivity index (χ3v) is 2.75. The molecule has 1 aromatic carbocycles. The van der Waals surface area contributed by atoms with Crippen molar-refractivity contribution in [2.24, 2.45) is 4.99 Å². The standard InChI is InChI=1S/C12H13NO3/c1-2-12(8-14)11(15)16-10(13-12)9-6-4-3-5-7-9/h3-7,14H,2,8H2,1H3. The van der Waals surface area contributed by atoms with Gasteiger partial charge in [0.1, 0.15) is 0 Å². The van der Waals surface area contributed by atoms with Gasteiger partial charge in [0.15, 0.2) is 5.54 Å². The molecule has 1 heterocycles. The van der Waals surface area contributed by atoms with E-state index in [4.69, 9.17) is 4.74 Å². The predicted molar refractivity (Wildman–Crippen MR) is 59.2 cm³/mol. The Bertz CT molecular complexity index is 421. The van der Waals surface area contributed by atoms with Crippen LogP contribution in [0, 0.1) is 0 Å². The summed E-state index contributed by atoms with van der Waals surface area (Å²) in [7, 11) is 0. The fourth-order valence-corrected chi connectivity index (χ4v) is 1.58. The summed E-state index contributed by atoms with van der Waals surface area (Å²) in [5, 5.41) is 9.24. The first-order valence-corrected chi connectivity index (χ1v) is 5.20. The summed E-state index contributed by atoms with van der Waals surface area (Å²) in [4.78, 5) is 15.8. The minimum atomic E-state index is -1.11. The number of hydrogen-bond donors (Lipinski definition) is 1. The first-order chi connectivity index (χ1) is 7.72. The molecule has 1 unspecified atom stereocenters. The SMILES string of the molecule is CCC1(CO)N=C(c2ccccc2)OC1=O. The highest BCUT2D eigenvalue weighted by molar-refractivity contribution is 6.07. The van der Waals surface area contributed by atoms with Crippen LogP contribution in [0.25, 0.3) is 0 Å². The summed E-state index contributed by atoms with van der Waals surface area (Å²) in [5.41, 5.74) is -0.356. The van der Waals surface area contributed by atoms with Crippen LogP contribution < -0.4 is 0 Å². The number of aliphatic imine (C=N–C) groups is 1. The molecule has 0 saturated carbocycles. The van der Waals surface area contributed by atoms with Crippen molar-refractivity contribution in [2.45, 2.75) is 18.9 Å². The van der Waals surface area contributed by atoms with Crippen molar-refractivity contribution in [3.8, 4) is 0 Å². The number of nitrogens with zero attached hydrogens (tertiary/aromatic N) is 1. The van der Waals surface area contributed by atoms with Crippen LogP contribution in [0.2, 0.25) is 0 Å². The average Bonchev–Trinajstić information content (AvgIpc) is 2.68. The van der Waals surface area contributed by atoms with E-state index in [1.807, 2.05) is 30.3 Å². The minimum Gasteiger partial charge on any atom is -0.405 e. The third-order valence-electron chi connectivity index (χ3n) is 2.75. The zero-order valence-electron chi connectivity index (χ0n) is 9.01. The Labute approximate surface area is 93.6 Å². The maximum atomic E-state index is 11.6. The molecule has 0 radical (unpaired) electrons. The molecule has 1 aliphatic rings. The van der Waals surface area contributed by atoms with Crippen LogP contribution in [-0.2, 0) is 9.53 Å². The topological polar surface area (TPSA) is 58.9 Å². The van der Waals surface area contributed by atoms with Crippen LogP contribution in [0.1, 0.15) is 18.9 Å². The van der Waals surface area contributed by atoms with Crippen molar-refractivity contribution in [1.82, 2.24) is 0 Å². The summed E-state index contributed by atoms with van der Waals surface area (Å²) in [6.07, 6.45) is 0.429. The van der Waals surface area contributed by atoms with Crippen LogP contribution in [-0.4, -0.2) is 29.1 Å². The average molecular weight is 219 g/mol. The number of hydrogen-bond acceptors (Lipinski definition) is 4. The Balaban J connectivity index is 2.37. The molecule has 2 rings (SSSR count). The van der Waals surface area contributed by atoms with Gasteiger partial charge >= 0.3 is 5.97 Å². The van der Waals surface area contributed by atoms with E-state index in [9.17, 15) is 9.90 Å². The van der Waals surface area contributed by atoms with E-state index in [0.29, 0.717) is 12.3 Å². The van der Waals surface area contributed by atoms with Crippen LogP contribution >= 0.6 is 0 Å². The lowest BCUT2D eigenvalue weighted by atomic mass is 9.99. The monoisotopic (exact) mass is 219 g/mol. The predicted octanol–water partition coefficient (Wildman–Crippen LogP) is 1.13. The van der Waals surface area contributed by atoms with Gasteiger partial charge in [0.05, 0.1) is 6.61 Å². The van der Waals surface area contributed by atoms with E-state index < -0.39 is 11.5 Å². The van der Waals surface area contributed by atoms with Gasteiger partial charge in [-0.3, -0.25) is 0 Å². The zero-order chi connectivity index (χ0) is 11.6. The van der Waals surface area contributed by atoms with E-state index in [2.05, 4.69) is 4.99 Å². The lowest BCUT2D eigenvalue weighted by Crippen LogP contribution is -2.37. The largest absolute Gasteiger partial charge is 0.405 e. The smallest absolute Gasteiger partial charge is 0.343 e. The lowest BCUT2D eigenvalue weighted by Gasteiger charge is -2.15. The molecule has 0 fully saturated rings. The Morgan fingerprint density at radius 2 is 2.06 bits per heavy atom. The molecule has 4 heteroatoms. The summed E-state index contributed by atoms with van der Waals surface area (Å²) in [6, 6.07) is 9.19. The Kier molecular flexibility index (Phi) is 2.75. The van der Waals surface area contributed by atoms with Gasteiger partial charge in [0.2, 0.25) is 5.90 Å². The molecule has 0 bridgehead atoms. The van der Waals surface area contributed by atoms with E-state index >= 15 is 0 Å². The maximum Gasteiger partial charge on any atom is 0.343 e. The zero-order valence-corrected chi connectivity index (χ0v) is 9.01. The van der Waals surface area contributed by atoms with Gasteiger partial charge in [-0.15, -0.1) is 0 Å². The van der Waals surface area contributed by atoms with Gasteiger partial charge in [0, 0.05) is 5.56 Å². The molecule has 1 aliphatic heterocycles. The van der Waals surface area contributed by atoms with E-state index in [1.54, 1.807) is 6.92 Å².